The van der Waals surface area contributed by atoms with Gasteiger partial charge < -0.3 is 5.32 Å². The van der Waals surface area contributed by atoms with Crippen molar-refractivity contribution >= 4 is 23.5 Å². The van der Waals surface area contributed by atoms with Crippen molar-refractivity contribution in [2.24, 2.45) is 0 Å². The molecule has 3 aromatic carbocycles. The van der Waals surface area contributed by atoms with Crippen molar-refractivity contribution in [2.75, 3.05) is 10.6 Å². The number of aromatic nitrogens is 3. The van der Waals surface area contributed by atoms with Crippen molar-refractivity contribution in [2.45, 2.75) is 13.0 Å². The summed E-state index contributed by atoms with van der Waals surface area (Å²) in [6.07, 6.45) is 2.07. The molecule has 1 aliphatic heterocycles. The minimum atomic E-state index is -0.603. The predicted molar refractivity (Wildman–Crippen MR) is 122 cm³/mol. The molecule has 0 radical (unpaired) electrons. The van der Waals surface area contributed by atoms with E-state index in [0.717, 1.165) is 22.4 Å². The van der Waals surface area contributed by atoms with E-state index in [0.29, 0.717) is 5.95 Å². The number of carbonyl (C=O) groups excluding carboxylic acids is 1. The van der Waals surface area contributed by atoms with Gasteiger partial charge in [0, 0.05) is 5.70 Å². The molecule has 0 bridgehead atoms. The van der Waals surface area contributed by atoms with Crippen LogP contribution in [0.2, 0.25) is 0 Å². The van der Waals surface area contributed by atoms with E-state index >= 15 is 0 Å². The van der Waals surface area contributed by atoms with Crippen molar-refractivity contribution in [1.82, 2.24) is 14.8 Å². The quantitative estimate of drug-likeness (QED) is 0.481. The molecule has 0 spiro atoms. The van der Waals surface area contributed by atoms with Crippen LogP contribution in [0.25, 0.3) is 5.70 Å². The van der Waals surface area contributed by atoms with Gasteiger partial charge in [-0.15, -0.1) is 5.10 Å². The second-order valence-corrected chi connectivity index (χ2v) is 7.56. The average molecular weight is 425 g/mol. The van der Waals surface area contributed by atoms with Crippen LogP contribution in [-0.4, -0.2) is 20.7 Å². The Morgan fingerprint density at radius 3 is 2.47 bits per heavy atom. The first-order valence-electron chi connectivity index (χ1n) is 10.2. The SMILES string of the molecule is Cc1ccc([C@H]2C=C(c3ccccc3)Nc3nc(NC(=O)c4ccccc4F)nn32)cc1. The molecule has 1 aliphatic rings. The van der Waals surface area contributed by atoms with Crippen LogP contribution in [-0.2, 0) is 0 Å². The molecular formula is C25H20FN5O. The maximum atomic E-state index is 14.0. The maximum absolute atomic E-state index is 14.0. The molecule has 1 atom stereocenters. The van der Waals surface area contributed by atoms with Crippen LogP contribution in [0.3, 0.4) is 0 Å². The van der Waals surface area contributed by atoms with E-state index in [1.165, 1.54) is 18.2 Å². The normalized spacial score (nSPS) is 14.8. The van der Waals surface area contributed by atoms with E-state index in [4.69, 9.17) is 0 Å². The number of amides is 1. The molecule has 0 fully saturated rings. The van der Waals surface area contributed by atoms with Crippen molar-refractivity contribution in [3.05, 3.63) is 113 Å². The molecule has 7 heteroatoms. The molecule has 0 unspecified atom stereocenters. The predicted octanol–water partition coefficient (Wildman–Crippen LogP) is 5.03. The summed E-state index contributed by atoms with van der Waals surface area (Å²) in [5.41, 5.74) is 4.03. The summed E-state index contributed by atoms with van der Waals surface area (Å²) in [5, 5.41) is 10.4. The molecule has 0 saturated heterocycles. The lowest BCUT2D eigenvalue weighted by Crippen LogP contribution is -2.20. The molecule has 5 rings (SSSR count). The summed E-state index contributed by atoms with van der Waals surface area (Å²) in [7, 11) is 0. The van der Waals surface area contributed by atoms with Crippen LogP contribution < -0.4 is 10.6 Å². The molecule has 158 valence electrons. The number of benzene rings is 3. The largest absolute Gasteiger partial charge is 0.324 e. The Hall–Kier alpha value is -4.26. The number of hydrogen-bond donors (Lipinski definition) is 2. The Morgan fingerprint density at radius 2 is 1.72 bits per heavy atom. The van der Waals surface area contributed by atoms with E-state index in [-0.39, 0.29) is 17.6 Å². The van der Waals surface area contributed by atoms with Gasteiger partial charge in [0.15, 0.2) is 0 Å². The minimum Gasteiger partial charge on any atom is -0.324 e. The van der Waals surface area contributed by atoms with Crippen LogP contribution >= 0.6 is 0 Å². The van der Waals surface area contributed by atoms with Gasteiger partial charge in [0.2, 0.25) is 5.95 Å². The average Bonchev–Trinajstić information content (AvgIpc) is 3.22. The summed E-state index contributed by atoms with van der Waals surface area (Å²) in [6, 6.07) is 23.7. The van der Waals surface area contributed by atoms with Gasteiger partial charge in [0.25, 0.3) is 11.9 Å². The van der Waals surface area contributed by atoms with Gasteiger partial charge in [0.05, 0.1) is 5.56 Å². The molecule has 2 heterocycles. The first-order valence-corrected chi connectivity index (χ1v) is 10.2. The molecule has 6 nitrogen and oxygen atoms in total. The van der Waals surface area contributed by atoms with E-state index in [2.05, 4.69) is 26.8 Å². The van der Waals surface area contributed by atoms with Crippen LogP contribution in [0, 0.1) is 12.7 Å². The topological polar surface area (TPSA) is 71.8 Å². The molecule has 1 amide bonds. The van der Waals surface area contributed by atoms with Crippen molar-refractivity contribution < 1.29 is 9.18 Å². The maximum Gasteiger partial charge on any atom is 0.261 e. The zero-order valence-corrected chi connectivity index (χ0v) is 17.3. The number of fused-ring (bicyclic) bond motifs is 1. The second-order valence-electron chi connectivity index (χ2n) is 7.56. The first kappa shape index (κ1) is 19.7. The highest BCUT2D eigenvalue weighted by Crippen LogP contribution is 2.33. The molecule has 2 N–H and O–H groups in total. The molecule has 0 aliphatic carbocycles. The second kappa shape index (κ2) is 8.11. The van der Waals surface area contributed by atoms with E-state index in [1.807, 2.05) is 61.5 Å². The number of anilines is 2. The third-order valence-corrected chi connectivity index (χ3v) is 5.31. The van der Waals surface area contributed by atoms with Gasteiger partial charge >= 0.3 is 0 Å². The Kier molecular flexibility index (Phi) is 4.99. The molecule has 32 heavy (non-hydrogen) atoms. The summed E-state index contributed by atoms with van der Waals surface area (Å²) < 4.78 is 15.7. The summed E-state index contributed by atoms with van der Waals surface area (Å²) in [5.74, 6) is -0.617. The zero-order chi connectivity index (χ0) is 22.1. The molecular weight excluding hydrogens is 405 g/mol. The Labute approximate surface area is 184 Å². The lowest BCUT2D eigenvalue weighted by Gasteiger charge is -2.24. The Morgan fingerprint density at radius 1 is 1.00 bits per heavy atom. The summed E-state index contributed by atoms with van der Waals surface area (Å²) >= 11 is 0. The highest BCUT2D eigenvalue weighted by atomic mass is 19.1. The van der Waals surface area contributed by atoms with Gasteiger partial charge in [-0.25, -0.2) is 9.07 Å². The van der Waals surface area contributed by atoms with E-state index in [9.17, 15) is 9.18 Å². The lowest BCUT2D eigenvalue weighted by molar-refractivity contribution is 0.102. The third-order valence-electron chi connectivity index (χ3n) is 5.31. The van der Waals surface area contributed by atoms with Crippen LogP contribution in [0.15, 0.2) is 84.9 Å². The van der Waals surface area contributed by atoms with Crippen molar-refractivity contribution in [1.29, 1.82) is 0 Å². The first-order chi connectivity index (χ1) is 15.6. The standard InChI is InChI=1S/C25H20FN5O/c1-16-11-13-18(14-12-16)22-15-21(17-7-3-2-4-8-17)27-25-29-24(30-31(22)25)28-23(32)19-9-5-6-10-20(19)26/h2-15,22H,1H3,(H2,27,28,29,30,32)/t22-/m1/s1. The van der Waals surface area contributed by atoms with E-state index < -0.39 is 11.7 Å². The third kappa shape index (κ3) is 3.76. The fourth-order valence-electron chi connectivity index (χ4n) is 3.65. The lowest BCUT2D eigenvalue weighted by atomic mass is 10.0. The Balaban J connectivity index is 1.52. The number of rotatable bonds is 4. The zero-order valence-electron chi connectivity index (χ0n) is 17.3. The number of carbonyl (C=O) groups is 1. The monoisotopic (exact) mass is 425 g/mol. The fourth-order valence-corrected chi connectivity index (χ4v) is 3.65. The van der Waals surface area contributed by atoms with Gasteiger partial charge in [-0.05, 0) is 36.3 Å². The highest BCUT2D eigenvalue weighted by Gasteiger charge is 2.26. The Bertz CT molecular complexity index is 1310. The van der Waals surface area contributed by atoms with Crippen LogP contribution in [0.4, 0.5) is 16.3 Å². The van der Waals surface area contributed by atoms with Gasteiger partial charge in [-0.3, -0.25) is 10.1 Å². The molecule has 1 aromatic heterocycles. The number of allylic oxidation sites excluding steroid dienone is 1. The van der Waals surface area contributed by atoms with Crippen molar-refractivity contribution in [3.63, 3.8) is 0 Å². The fraction of sp³-hybridized carbons (Fsp3) is 0.0800. The molecule has 0 saturated carbocycles. The van der Waals surface area contributed by atoms with Crippen molar-refractivity contribution in [3.8, 4) is 0 Å². The van der Waals surface area contributed by atoms with Crippen LogP contribution in [0.5, 0.6) is 0 Å². The summed E-state index contributed by atoms with van der Waals surface area (Å²) in [6.45, 7) is 2.04. The minimum absolute atomic E-state index is 0.0635. The van der Waals surface area contributed by atoms with Gasteiger partial charge in [-0.2, -0.15) is 4.98 Å². The van der Waals surface area contributed by atoms with Crippen LogP contribution in [0.1, 0.15) is 33.1 Å². The molecule has 4 aromatic rings. The summed E-state index contributed by atoms with van der Waals surface area (Å²) in [4.78, 5) is 17.0. The van der Waals surface area contributed by atoms with E-state index in [1.54, 1.807) is 10.7 Å². The number of nitrogens with one attached hydrogen (secondary N) is 2. The number of aryl methyl sites for hydroxylation is 1. The number of halogens is 1. The van der Waals surface area contributed by atoms with Gasteiger partial charge in [-0.1, -0.05) is 72.3 Å². The number of hydrogen-bond acceptors (Lipinski definition) is 4. The highest BCUT2D eigenvalue weighted by molar-refractivity contribution is 6.03. The van der Waals surface area contributed by atoms with Gasteiger partial charge in [0.1, 0.15) is 11.9 Å². The smallest absolute Gasteiger partial charge is 0.261 e. The number of nitrogens with zero attached hydrogens (tertiary/aromatic N) is 3.